The standard InChI is InChI=1S/C14H16O2/c1-3-12-5-7-13(8-6-12)16-11-14(4-2)9-15-10-14/h1,5-8H,4,9-11H2,2H3. The summed E-state index contributed by atoms with van der Waals surface area (Å²) in [7, 11) is 0. The van der Waals surface area contributed by atoms with E-state index in [0.29, 0.717) is 0 Å². The van der Waals surface area contributed by atoms with Crippen LogP contribution in [0.3, 0.4) is 0 Å². The number of ether oxygens (including phenoxy) is 2. The molecule has 1 aromatic rings. The number of hydrogen-bond donors (Lipinski definition) is 0. The van der Waals surface area contributed by atoms with Crippen molar-refractivity contribution in [3.8, 4) is 18.1 Å². The van der Waals surface area contributed by atoms with Crippen molar-refractivity contribution in [1.82, 2.24) is 0 Å². The molecule has 0 N–H and O–H groups in total. The molecule has 0 bridgehead atoms. The van der Waals surface area contributed by atoms with Gasteiger partial charge in [0.1, 0.15) is 5.75 Å². The van der Waals surface area contributed by atoms with E-state index >= 15 is 0 Å². The average Bonchev–Trinajstić information content (AvgIpc) is 2.29. The maximum atomic E-state index is 5.76. The van der Waals surface area contributed by atoms with E-state index in [1.165, 1.54) is 0 Å². The third-order valence-electron chi connectivity index (χ3n) is 3.13. The van der Waals surface area contributed by atoms with Gasteiger partial charge in [0, 0.05) is 5.56 Å². The summed E-state index contributed by atoms with van der Waals surface area (Å²) < 4.78 is 11.0. The van der Waals surface area contributed by atoms with Crippen LogP contribution >= 0.6 is 0 Å². The molecule has 0 aromatic heterocycles. The van der Waals surface area contributed by atoms with Gasteiger partial charge in [-0.1, -0.05) is 12.8 Å². The van der Waals surface area contributed by atoms with Crippen LogP contribution in [-0.2, 0) is 4.74 Å². The molecule has 0 radical (unpaired) electrons. The highest BCUT2D eigenvalue weighted by atomic mass is 16.5. The summed E-state index contributed by atoms with van der Waals surface area (Å²) in [5.74, 6) is 3.46. The molecule has 1 heterocycles. The first-order valence-corrected chi connectivity index (χ1v) is 5.55. The van der Waals surface area contributed by atoms with Crippen molar-refractivity contribution in [1.29, 1.82) is 0 Å². The molecule has 1 aromatic carbocycles. The monoisotopic (exact) mass is 216 g/mol. The summed E-state index contributed by atoms with van der Waals surface area (Å²) in [6, 6.07) is 7.62. The van der Waals surface area contributed by atoms with E-state index in [2.05, 4.69) is 12.8 Å². The van der Waals surface area contributed by atoms with Crippen molar-refractivity contribution in [2.75, 3.05) is 19.8 Å². The van der Waals surface area contributed by atoms with Crippen molar-refractivity contribution in [2.45, 2.75) is 13.3 Å². The topological polar surface area (TPSA) is 18.5 Å². The molecule has 0 spiro atoms. The zero-order valence-corrected chi connectivity index (χ0v) is 9.53. The third-order valence-corrected chi connectivity index (χ3v) is 3.13. The fraction of sp³-hybridized carbons (Fsp3) is 0.429. The molecule has 0 aliphatic carbocycles. The van der Waals surface area contributed by atoms with Gasteiger partial charge in [-0.3, -0.25) is 0 Å². The number of hydrogen-bond acceptors (Lipinski definition) is 2. The second-order valence-electron chi connectivity index (χ2n) is 4.30. The van der Waals surface area contributed by atoms with Crippen LogP contribution in [0.4, 0.5) is 0 Å². The van der Waals surface area contributed by atoms with Gasteiger partial charge in [0.05, 0.1) is 25.2 Å². The van der Waals surface area contributed by atoms with Crippen LogP contribution in [-0.4, -0.2) is 19.8 Å². The Bertz CT molecular complexity index is 377. The van der Waals surface area contributed by atoms with Gasteiger partial charge < -0.3 is 9.47 Å². The van der Waals surface area contributed by atoms with E-state index in [1.54, 1.807) is 0 Å². The summed E-state index contributed by atoms with van der Waals surface area (Å²) in [6.45, 7) is 4.52. The quantitative estimate of drug-likeness (QED) is 0.720. The molecule has 0 atom stereocenters. The minimum absolute atomic E-state index is 0.227. The summed E-state index contributed by atoms with van der Waals surface area (Å²) >= 11 is 0. The third kappa shape index (κ3) is 2.20. The molecule has 2 heteroatoms. The number of rotatable bonds is 4. The van der Waals surface area contributed by atoms with Crippen molar-refractivity contribution in [3.63, 3.8) is 0 Å². The highest BCUT2D eigenvalue weighted by molar-refractivity contribution is 5.36. The molecule has 0 saturated carbocycles. The SMILES string of the molecule is C#Cc1ccc(OCC2(CC)COC2)cc1. The molecule has 1 fully saturated rings. The molecule has 1 saturated heterocycles. The zero-order chi connectivity index (χ0) is 11.4. The van der Waals surface area contributed by atoms with Gasteiger partial charge >= 0.3 is 0 Å². The van der Waals surface area contributed by atoms with Crippen LogP contribution in [0.25, 0.3) is 0 Å². The number of terminal acetylenes is 1. The lowest BCUT2D eigenvalue weighted by molar-refractivity contribution is -0.133. The minimum atomic E-state index is 0.227. The lowest BCUT2D eigenvalue weighted by Gasteiger charge is -2.40. The van der Waals surface area contributed by atoms with Gasteiger partial charge in [-0.2, -0.15) is 0 Å². The predicted octanol–water partition coefficient (Wildman–Crippen LogP) is 2.47. The van der Waals surface area contributed by atoms with Crippen LogP contribution in [0.1, 0.15) is 18.9 Å². The van der Waals surface area contributed by atoms with Gasteiger partial charge in [-0.25, -0.2) is 0 Å². The average molecular weight is 216 g/mol. The first-order valence-electron chi connectivity index (χ1n) is 5.55. The Hall–Kier alpha value is -1.46. The lowest BCUT2D eigenvalue weighted by atomic mass is 9.84. The maximum Gasteiger partial charge on any atom is 0.119 e. The Morgan fingerprint density at radius 2 is 2.06 bits per heavy atom. The summed E-state index contributed by atoms with van der Waals surface area (Å²) in [5.41, 5.74) is 1.11. The molecular weight excluding hydrogens is 200 g/mol. The van der Waals surface area contributed by atoms with Crippen LogP contribution < -0.4 is 4.74 Å². The first-order chi connectivity index (χ1) is 7.78. The Labute approximate surface area is 96.6 Å². The Morgan fingerprint density at radius 1 is 1.38 bits per heavy atom. The Kier molecular flexibility index (Phi) is 3.17. The molecule has 16 heavy (non-hydrogen) atoms. The summed E-state index contributed by atoms with van der Waals surface area (Å²) in [4.78, 5) is 0. The van der Waals surface area contributed by atoms with Crippen LogP contribution in [0.2, 0.25) is 0 Å². The molecule has 2 nitrogen and oxygen atoms in total. The van der Waals surface area contributed by atoms with E-state index in [0.717, 1.165) is 37.6 Å². The van der Waals surface area contributed by atoms with Crippen molar-refractivity contribution in [2.24, 2.45) is 5.41 Å². The molecule has 0 amide bonds. The highest BCUT2D eigenvalue weighted by Crippen LogP contribution is 2.31. The van der Waals surface area contributed by atoms with E-state index in [9.17, 15) is 0 Å². The minimum Gasteiger partial charge on any atom is -0.493 e. The van der Waals surface area contributed by atoms with Crippen molar-refractivity contribution < 1.29 is 9.47 Å². The smallest absolute Gasteiger partial charge is 0.119 e. The molecule has 84 valence electrons. The van der Waals surface area contributed by atoms with Crippen LogP contribution in [0, 0.1) is 17.8 Å². The second-order valence-corrected chi connectivity index (χ2v) is 4.30. The summed E-state index contributed by atoms with van der Waals surface area (Å²) in [6.07, 6.45) is 6.38. The lowest BCUT2D eigenvalue weighted by Crippen LogP contribution is -2.46. The van der Waals surface area contributed by atoms with Crippen molar-refractivity contribution in [3.05, 3.63) is 29.8 Å². The second kappa shape index (κ2) is 4.59. The molecular formula is C14H16O2. The number of benzene rings is 1. The fourth-order valence-corrected chi connectivity index (χ4v) is 1.66. The molecule has 1 aliphatic heterocycles. The molecule has 0 unspecified atom stereocenters. The highest BCUT2D eigenvalue weighted by Gasteiger charge is 2.37. The summed E-state index contributed by atoms with van der Waals surface area (Å²) in [5, 5.41) is 0. The largest absolute Gasteiger partial charge is 0.493 e. The van der Waals surface area contributed by atoms with Gasteiger partial charge in [-0.05, 0) is 30.7 Å². The van der Waals surface area contributed by atoms with Crippen LogP contribution in [0.5, 0.6) is 5.75 Å². The molecule has 2 rings (SSSR count). The predicted molar refractivity (Wildman–Crippen MR) is 63.4 cm³/mol. The molecule has 1 aliphatic rings. The van der Waals surface area contributed by atoms with Gasteiger partial charge in [-0.15, -0.1) is 6.42 Å². The van der Waals surface area contributed by atoms with Crippen LogP contribution in [0.15, 0.2) is 24.3 Å². The fourth-order valence-electron chi connectivity index (χ4n) is 1.66. The van der Waals surface area contributed by atoms with Gasteiger partial charge in [0.2, 0.25) is 0 Å². The Balaban J connectivity index is 1.92. The van der Waals surface area contributed by atoms with E-state index in [1.807, 2.05) is 24.3 Å². The van der Waals surface area contributed by atoms with Gasteiger partial charge in [0.15, 0.2) is 0 Å². The van der Waals surface area contributed by atoms with Crippen molar-refractivity contribution >= 4 is 0 Å². The zero-order valence-electron chi connectivity index (χ0n) is 9.53. The normalized spacial score (nSPS) is 17.2. The van der Waals surface area contributed by atoms with E-state index < -0.39 is 0 Å². The van der Waals surface area contributed by atoms with E-state index in [4.69, 9.17) is 15.9 Å². The Morgan fingerprint density at radius 3 is 2.50 bits per heavy atom. The van der Waals surface area contributed by atoms with E-state index in [-0.39, 0.29) is 5.41 Å². The maximum absolute atomic E-state index is 5.76. The first kappa shape index (κ1) is 11.0. The van der Waals surface area contributed by atoms with Gasteiger partial charge in [0.25, 0.3) is 0 Å².